The summed E-state index contributed by atoms with van der Waals surface area (Å²) in [5.74, 6) is 0. The standard InChI is InChI=1S/C19H16N4O.3C18H15N5O/c1-22-12-16(10-21-22)15-8-6-14(7-9-15)11-23-13-20-18-5-3-2-4-17(18)19(23)24;1-22-11-15(8-21-22)14-4-2-13(3-5-14)10-23-12-20-17-9-19-7-6-16(17)18(23)24;1-22-11-15(9-21-22)14-6-4-13(5-7-14)10-23-12-20-16-3-2-8-19-17(16)18(23)24;1-22-11-15(9-21-22)14-6-4-13(5-7-14)10-23-12-20-17-16(18(23)24)3-2-8-19-17/h2-10,12-13H,11H2,1H3;3*2-9,11-12H,10H2,1H3. The van der Waals surface area contributed by atoms with Crippen LogP contribution in [-0.2, 0) is 54.4 Å². The fourth-order valence-corrected chi connectivity index (χ4v) is 10.8. The lowest BCUT2D eigenvalue weighted by molar-refractivity contribution is 0.746. The van der Waals surface area contributed by atoms with E-state index in [-0.39, 0.29) is 22.2 Å². The van der Waals surface area contributed by atoms with Crippen LogP contribution in [-0.4, -0.2) is 92.3 Å². The van der Waals surface area contributed by atoms with Crippen LogP contribution in [0.1, 0.15) is 22.3 Å². The van der Waals surface area contributed by atoms with E-state index in [0.717, 1.165) is 72.3 Å². The molecule has 472 valence electrons. The predicted octanol–water partition coefficient (Wildman–Crippen LogP) is 9.57. The molecule has 11 aromatic heterocycles. The van der Waals surface area contributed by atoms with Crippen molar-refractivity contribution < 1.29 is 0 Å². The van der Waals surface area contributed by atoms with Gasteiger partial charge in [-0.2, -0.15) is 20.4 Å². The maximum Gasteiger partial charge on any atom is 0.280 e. The molecule has 0 radical (unpaired) electrons. The highest BCUT2D eigenvalue weighted by Gasteiger charge is 2.12. The molecule has 23 heteroatoms. The first-order valence-corrected chi connectivity index (χ1v) is 30.5. The van der Waals surface area contributed by atoms with Crippen LogP contribution in [0.2, 0.25) is 0 Å². The smallest absolute Gasteiger partial charge is 0.280 e. The van der Waals surface area contributed by atoms with E-state index in [1.165, 1.54) is 0 Å². The van der Waals surface area contributed by atoms with Crippen molar-refractivity contribution in [2.75, 3.05) is 0 Å². The van der Waals surface area contributed by atoms with Gasteiger partial charge in [0.15, 0.2) is 11.2 Å². The Hall–Kier alpha value is -13.1. The summed E-state index contributed by atoms with van der Waals surface area (Å²) in [4.78, 5) is 79.4. The van der Waals surface area contributed by atoms with E-state index in [9.17, 15) is 19.2 Å². The zero-order valence-electron chi connectivity index (χ0n) is 52.6. The summed E-state index contributed by atoms with van der Waals surface area (Å²) in [5, 5.41) is 18.5. The van der Waals surface area contributed by atoms with Gasteiger partial charge in [-0.25, -0.2) is 29.9 Å². The van der Waals surface area contributed by atoms with Crippen molar-refractivity contribution in [3.63, 3.8) is 0 Å². The van der Waals surface area contributed by atoms with E-state index in [1.54, 1.807) is 117 Å². The van der Waals surface area contributed by atoms with Crippen LogP contribution in [0.5, 0.6) is 0 Å². The molecule has 0 aliphatic carbocycles. The molecule has 11 heterocycles. The van der Waals surface area contributed by atoms with Crippen molar-refractivity contribution in [3.05, 3.63) is 315 Å². The largest absolute Gasteiger partial charge is 0.294 e. The van der Waals surface area contributed by atoms with Gasteiger partial charge in [0.25, 0.3) is 22.2 Å². The van der Waals surface area contributed by atoms with Gasteiger partial charge in [-0.3, -0.25) is 61.2 Å². The van der Waals surface area contributed by atoms with E-state index in [4.69, 9.17) is 0 Å². The highest BCUT2D eigenvalue weighted by molar-refractivity contribution is 5.78. The maximum absolute atomic E-state index is 12.5. The number of fused-ring (bicyclic) bond motifs is 4. The molecular formula is C73H61N19O4. The lowest BCUT2D eigenvalue weighted by Gasteiger charge is -2.07. The van der Waals surface area contributed by atoms with Crippen molar-refractivity contribution in [2.45, 2.75) is 26.2 Å². The first-order chi connectivity index (χ1) is 46.8. The number of para-hydroxylation sites is 1. The van der Waals surface area contributed by atoms with Gasteiger partial charge in [0.1, 0.15) is 6.33 Å². The Bertz CT molecular complexity index is 4950. The molecule has 0 saturated carbocycles. The van der Waals surface area contributed by atoms with E-state index in [2.05, 4.69) is 55.3 Å². The lowest BCUT2D eigenvalue weighted by Crippen LogP contribution is -2.21. The molecule has 23 nitrogen and oxygen atoms in total. The number of aryl methyl sites for hydroxylation is 4. The summed E-state index contributed by atoms with van der Waals surface area (Å²) in [6.07, 6.45) is 28.0. The highest BCUT2D eigenvalue weighted by Crippen LogP contribution is 2.23. The minimum Gasteiger partial charge on any atom is -0.294 e. The molecule has 96 heavy (non-hydrogen) atoms. The summed E-state index contributed by atoms with van der Waals surface area (Å²) in [7, 11) is 7.58. The Labute approximate surface area is 547 Å². The number of hydrogen-bond acceptors (Lipinski definition) is 15. The average molecular weight is 1270 g/mol. The zero-order chi connectivity index (χ0) is 66.1. The third kappa shape index (κ3) is 14.2. The van der Waals surface area contributed by atoms with Gasteiger partial charge in [-0.1, -0.05) is 109 Å². The second kappa shape index (κ2) is 27.8. The van der Waals surface area contributed by atoms with Crippen molar-refractivity contribution in [1.82, 2.24) is 92.3 Å². The average Bonchev–Trinajstić information content (AvgIpc) is 1.49. The van der Waals surface area contributed by atoms with Crippen LogP contribution >= 0.6 is 0 Å². The van der Waals surface area contributed by atoms with Crippen molar-refractivity contribution in [1.29, 1.82) is 0 Å². The molecule has 5 aromatic carbocycles. The molecule has 0 amide bonds. The van der Waals surface area contributed by atoms with Gasteiger partial charge in [-0.05, 0) is 87.0 Å². The number of nitrogens with zero attached hydrogens (tertiary/aromatic N) is 19. The van der Waals surface area contributed by atoms with Gasteiger partial charge in [0.2, 0.25) is 0 Å². The minimum absolute atomic E-state index is 0.0167. The summed E-state index contributed by atoms with van der Waals surface area (Å²) in [6.45, 7) is 1.93. The first-order valence-electron chi connectivity index (χ1n) is 30.5. The van der Waals surface area contributed by atoms with Crippen LogP contribution in [0.3, 0.4) is 0 Å². The topological polar surface area (TPSA) is 250 Å². The van der Waals surface area contributed by atoms with Crippen molar-refractivity contribution in [2.24, 2.45) is 28.2 Å². The molecule has 0 unspecified atom stereocenters. The maximum atomic E-state index is 12.5. The Morgan fingerprint density at radius 3 is 1.09 bits per heavy atom. The number of pyridine rings is 3. The van der Waals surface area contributed by atoms with E-state index in [0.29, 0.717) is 64.5 Å². The SMILES string of the molecule is Cn1cc(-c2ccc(Cn3cnc4ccccc4c3=O)cc2)cn1.Cn1cc(-c2ccc(Cn3cnc4cccnc4c3=O)cc2)cn1.Cn1cc(-c2ccc(Cn3cnc4cnccc4c3=O)cc2)cn1.Cn1cc(-c2ccc(Cn3cnc4ncccc4c3=O)cc2)cn1. The second-order valence-electron chi connectivity index (χ2n) is 22.8. The van der Waals surface area contributed by atoms with Gasteiger partial charge >= 0.3 is 0 Å². The molecule has 0 atom stereocenters. The third-order valence-electron chi connectivity index (χ3n) is 15.9. The number of aromatic nitrogens is 19. The molecule has 16 aromatic rings. The van der Waals surface area contributed by atoms with Crippen LogP contribution in [0.4, 0.5) is 0 Å². The number of hydrogen-bond donors (Lipinski definition) is 0. The first kappa shape index (κ1) is 61.8. The fourth-order valence-electron chi connectivity index (χ4n) is 10.8. The molecule has 0 aliphatic heterocycles. The monoisotopic (exact) mass is 1270 g/mol. The molecular weight excluding hydrogens is 1210 g/mol. The molecule has 0 N–H and O–H groups in total. The van der Waals surface area contributed by atoms with Crippen LogP contribution in [0.25, 0.3) is 88.4 Å². The highest BCUT2D eigenvalue weighted by atomic mass is 16.1. The molecule has 0 fully saturated rings. The fraction of sp³-hybridized carbons (Fsp3) is 0.110. The summed E-state index contributed by atoms with van der Waals surface area (Å²) in [6, 6.07) is 48.6. The van der Waals surface area contributed by atoms with E-state index in [1.807, 2.05) is 199 Å². The predicted molar refractivity (Wildman–Crippen MR) is 368 cm³/mol. The Kier molecular flexibility index (Phi) is 17.9. The summed E-state index contributed by atoms with van der Waals surface area (Å²) < 4.78 is 13.5. The van der Waals surface area contributed by atoms with Crippen LogP contribution in [0.15, 0.2) is 271 Å². The number of benzene rings is 5. The Balaban J connectivity index is 0.000000116. The molecule has 0 aliphatic rings. The van der Waals surface area contributed by atoms with Gasteiger partial charge < -0.3 is 0 Å². The zero-order valence-corrected chi connectivity index (χ0v) is 52.6. The van der Waals surface area contributed by atoms with Gasteiger partial charge in [0.05, 0.1) is 109 Å². The molecule has 16 rings (SSSR count). The number of rotatable bonds is 12. The lowest BCUT2D eigenvalue weighted by atomic mass is 10.1. The molecule has 0 bridgehead atoms. The van der Waals surface area contributed by atoms with E-state index < -0.39 is 0 Å². The third-order valence-corrected chi connectivity index (χ3v) is 15.9. The molecule has 0 saturated heterocycles. The molecule has 0 spiro atoms. The second-order valence-corrected chi connectivity index (χ2v) is 22.8. The van der Waals surface area contributed by atoms with Crippen molar-refractivity contribution in [3.8, 4) is 44.5 Å². The summed E-state index contributed by atoms with van der Waals surface area (Å²) >= 11 is 0. The van der Waals surface area contributed by atoms with Gasteiger partial charge in [-0.15, -0.1) is 0 Å². The van der Waals surface area contributed by atoms with Crippen molar-refractivity contribution >= 4 is 43.9 Å². The van der Waals surface area contributed by atoms with Crippen LogP contribution < -0.4 is 22.2 Å². The normalized spacial score (nSPS) is 11.0. The quantitative estimate of drug-likeness (QED) is 0.110. The van der Waals surface area contributed by atoms with E-state index >= 15 is 0 Å². The summed E-state index contributed by atoms with van der Waals surface area (Å²) in [5.41, 5.74) is 15.4. The van der Waals surface area contributed by atoms with Gasteiger partial charge in [0, 0.05) is 93.8 Å². The Morgan fingerprint density at radius 1 is 0.292 bits per heavy atom. The van der Waals surface area contributed by atoms with Crippen LogP contribution in [0, 0.1) is 0 Å². The minimum atomic E-state index is -0.128. The Morgan fingerprint density at radius 2 is 0.646 bits per heavy atom.